The molecule has 4 heteroatoms. The summed E-state index contributed by atoms with van der Waals surface area (Å²) in [5, 5.41) is 4.16. The van der Waals surface area contributed by atoms with Crippen molar-refractivity contribution in [2.24, 2.45) is 0 Å². The van der Waals surface area contributed by atoms with Crippen LogP contribution in [0, 0.1) is 0 Å². The second kappa shape index (κ2) is 6.03. The van der Waals surface area contributed by atoms with E-state index in [9.17, 15) is 0 Å². The molecular weight excluding hydrogens is 246 g/mol. The van der Waals surface area contributed by atoms with Crippen LogP contribution < -0.4 is 5.32 Å². The molecule has 1 N–H and O–H groups in total. The molecule has 0 bridgehead atoms. The molecule has 2 rings (SSSR count). The Hall–Kier alpha value is -1.32. The van der Waals surface area contributed by atoms with Crippen molar-refractivity contribution >= 4 is 11.6 Å². The van der Waals surface area contributed by atoms with Gasteiger partial charge in [-0.2, -0.15) is 0 Å². The van der Waals surface area contributed by atoms with Gasteiger partial charge in [0.1, 0.15) is 0 Å². The molecular formula is C14H18ClN3. The number of halogens is 1. The Bertz CT molecular complexity index is 488. The summed E-state index contributed by atoms with van der Waals surface area (Å²) in [5.74, 6) is 0. The number of nitrogens with one attached hydrogen (secondary N) is 1. The van der Waals surface area contributed by atoms with E-state index in [1.807, 2.05) is 36.8 Å². The second-order valence-electron chi connectivity index (χ2n) is 4.59. The van der Waals surface area contributed by atoms with Gasteiger partial charge in [-0.3, -0.25) is 0 Å². The summed E-state index contributed by atoms with van der Waals surface area (Å²) in [5.41, 5.74) is 2.26. The first-order valence-electron chi connectivity index (χ1n) is 6.16. The summed E-state index contributed by atoms with van der Waals surface area (Å²) in [6.07, 6.45) is 3.75. The molecule has 0 fully saturated rings. The van der Waals surface area contributed by atoms with Crippen LogP contribution in [0.5, 0.6) is 0 Å². The molecule has 2 aromatic rings. The van der Waals surface area contributed by atoms with Crippen LogP contribution in [0.1, 0.15) is 13.8 Å². The summed E-state index contributed by atoms with van der Waals surface area (Å²) in [6.45, 7) is 6.15. The Morgan fingerprint density at radius 3 is 2.67 bits per heavy atom. The van der Waals surface area contributed by atoms with Crippen LogP contribution >= 0.6 is 11.6 Å². The van der Waals surface area contributed by atoms with E-state index in [1.54, 1.807) is 0 Å². The maximum absolute atomic E-state index is 5.90. The van der Waals surface area contributed by atoms with Gasteiger partial charge in [0.05, 0.1) is 18.2 Å². The lowest BCUT2D eigenvalue weighted by Crippen LogP contribution is -2.26. The van der Waals surface area contributed by atoms with Gasteiger partial charge in [-0.25, -0.2) is 4.98 Å². The molecule has 0 aliphatic carbocycles. The van der Waals surface area contributed by atoms with Crippen LogP contribution in [0.4, 0.5) is 0 Å². The Morgan fingerprint density at radius 1 is 1.28 bits per heavy atom. The molecule has 1 aromatic carbocycles. The van der Waals surface area contributed by atoms with Crippen molar-refractivity contribution in [3.05, 3.63) is 41.8 Å². The van der Waals surface area contributed by atoms with Gasteiger partial charge in [-0.15, -0.1) is 0 Å². The van der Waals surface area contributed by atoms with Gasteiger partial charge in [0.2, 0.25) is 0 Å². The highest BCUT2D eigenvalue weighted by Crippen LogP contribution is 2.20. The number of aromatic nitrogens is 2. The first kappa shape index (κ1) is 13.1. The van der Waals surface area contributed by atoms with Gasteiger partial charge in [-0.1, -0.05) is 37.6 Å². The minimum atomic E-state index is 0.507. The molecule has 18 heavy (non-hydrogen) atoms. The van der Waals surface area contributed by atoms with Gasteiger partial charge in [0.15, 0.2) is 0 Å². The predicted molar refractivity (Wildman–Crippen MR) is 75.8 cm³/mol. The SMILES string of the molecule is CC(C)NCCn1cncc1-c1ccc(Cl)cc1. The van der Waals surface area contributed by atoms with E-state index in [2.05, 4.69) is 28.7 Å². The average molecular weight is 264 g/mol. The third-order valence-electron chi connectivity index (χ3n) is 2.76. The van der Waals surface area contributed by atoms with Crippen LogP contribution in [-0.4, -0.2) is 22.1 Å². The minimum Gasteiger partial charge on any atom is -0.329 e. The maximum atomic E-state index is 5.90. The number of nitrogens with zero attached hydrogens (tertiary/aromatic N) is 2. The number of benzene rings is 1. The molecule has 0 atom stereocenters. The van der Waals surface area contributed by atoms with E-state index < -0.39 is 0 Å². The maximum Gasteiger partial charge on any atom is 0.0951 e. The van der Waals surface area contributed by atoms with E-state index in [0.29, 0.717) is 6.04 Å². The van der Waals surface area contributed by atoms with Crippen LogP contribution in [0.25, 0.3) is 11.3 Å². The number of rotatable bonds is 5. The van der Waals surface area contributed by atoms with Crippen LogP contribution in [0.15, 0.2) is 36.8 Å². The molecule has 3 nitrogen and oxygen atoms in total. The highest BCUT2D eigenvalue weighted by atomic mass is 35.5. The largest absolute Gasteiger partial charge is 0.329 e. The van der Waals surface area contributed by atoms with E-state index in [4.69, 9.17) is 11.6 Å². The number of imidazole rings is 1. The van der Waals surface area contributed by atoms with Gasteiger partial charge < -0.3 is 9.88 Å². The zero-order valence-corrected chi connectivity index (χ0v) is 11.5. The fourth-order valence-electron chi connectivity index (χ4n) is 1.83. The smallest absolute Gasteiger partial charge is 0.0951 e. The Labute approximate surface area is 113 Å². The summed E-state index contributed by atoms with van der Waals surface area (Å²) >= 11 is 5.90. The third kappa shape index (κ3) is 3.34. The van der Waals surface area contributed by atoms with Crippen molar-refractivity contribution in [3.8, 4) is 11.3 Å². The second-order valence-corrected chi connectivity index (χ2v) is 5.02. The van der Waals surface area contributed by atoms with Crippen LogP contribution in [-0.2, 0) is 6.54 Å². The normalized spacial score (nSPS) is 11.1. The Kier molecular flexibility index (Phi) is 4.39. The first-order valence-corrected chi connectivity index (χ1v) is 6.54. The molecule has 1 aromatic heterocycles. The van der Waals surface area contributed by atoms with Crippen molar-refractivity contribution in [3.63, 3.8) is 0 Å². The Morgan fingerprint density at radius 2 is 2.00 bits per heavy atom. The molecule has 0 saturated heterocycles. The molecule has 0 aliphatic heterocycles. The quantitative estimate of drug-likeness (QED) is 0.898. The zero-order valence-electron chi connectivity index (χ0n) is 10.7. The summed E-state index contributed by atoms with van der Waals surface area (Å²) in [7, 11) is 0. The van der Waals surface area contributed by atoms with E-state index in [-0.39, 0.29) is 0 Å². The topological polar surface area (TPSA) is 29.9 Å². The Balaban J connectivity index is 2.10. The van der Waals surface area contributed by atoms with Gasteiger partial charge in [0, 0.05) is 24.2 Å². The van der Waals surface area contributed by atoms with E-state index in [0.717, 1.165) is 29.4 Å². The van der Waals surface area contributed by atoms with Gasteiger partial charge in [0.25, 0.3) is 0 Å². The minimum absolute atomic E-state index is 0.507. The first-order chi connectivity index (χ1) is 8.66. The van der Waals surface area contributed by atoms with Crippen molar-refractivity contribution in [1.29, 1.82) is 0 Å². The van der Waals surface area contributed by atoms with Crippen molar-refractivity contribution in [2.45, 2.75) is 26.4 Å². The molecule has 1 heterocycles. The molecule has 0 unspecified atom stereocenters. The summed E-state index contributed by atoms with van der Waals surface area (Å²) in [6, 6.07) is 8.35. The van der Waals surface area contributed by atoms with E-state index in [1.165, 1.54) is 0 Å². The molecule has 96 valence electrons. The molecule has 0 aliphatic rings. The summed E-state index contributed by atoms with van der Waals surface area (Å²) in [4.78, 5) is 4.22. The average Bonchev–Trinajstić information content (AvgIpc) is 2.78. The number of hydrogen-bond acceptors (Lipinski definition) is 2. The van der Waals surface area contributed by atoms with Crippen LogP contribution in [0.3, 0.4) is 0 Å². The molecule has 0 spiro atoms. The highest BCUT2D eigenvalue weighted by Gasteiger charge is 2.04. The monoisotopic (exact) mass is 263 g/mol. The predicted octanol–water partition coefficient (Wildman–Crippen LogP) is 3.20. The molecule has 0 amide bonds. The van der Waals surface area contributed by atoms with Crippen molar-refractivity contribution < 1.29 is 0 Å². The molecule has 0 radical (unpaired) electrons. The lowest BCUT2D eigenvalue weighted by atomic mass is 10.2. The summed E-state index contributed by atoms with van der Waals surface area (Å²) < 4.78 is 2.15. The van der Waals surface area contributed by atoms with Gasteiger partial charge >= 0.3 is 0 Å². The fraction of sp³-hybridized carbons (Fsp3) is 0.357. The lowest BCUT2D eigenvalue weighted by molar-refractivity contribution is 0.543. The van der Waals surface area contributed by atoms with Crippen molar-refractivity contribution in [2.75, 3.05) is 6.54 Å². The standard InChI is InChI=1S/C14H18ClN3/c1-11(2)17-7-8-18-10-16-9-14(18)12-3-5-13(15)6-4-12/h3-6,9-11,17H,7-8H2,1-2H3. The fourth-order valence-corrected chi connectivity index (χ4v) is 1.96. The third-order valence-corrected chi connectivity index (χ3v) is 3.01. The zero-order chi connectivity index (χ0) is 13.0. The van der Waals surface area contributed by atoms with Crippen molar-refractivity contribution in [1.82, 2.24) is 14.9 Å². The highest BCUT2D eigenvalue weighted by molar-refractivity contribution is 6.30. The van der Waals surface area contributed by atoms with E-state index >= 15 is 0 Å². The van der Waals surface area contributed by atoms with Gasteiger partial charge in [-0.05, 0) is 17.7 Å². The van der Waals surface area contributed by atoms with Crippen LogP contribution in [0.2, 0.25) is 5.02 Å². The molecule has 0 saturated carbocycles. The number of hydrogen-bond donors (Lipinski definition) is 1. The lowest BCUT2D eigenvalue weighted by Gasteiger charge is -2.11.